The Morgan fingerprint density at radius 2 is 1.95 bits per heavy atom. The van der Waals surface area contributed by atoms with E-state index in [0.29, 0.717) is 6.54 Å². The molecular weight excluding hydrogens is 305 g/mol. The molecule has 1 atom stereocenters. The molecule has 0 saturated carbocycles. The van der Waals surface area contributed by atoms with E-state index in [1.54, 1.807) is 0 Å². The first-order valence-corrected chi connectivity index (χ1v) is 7.34. The van der Waals surface area contributed by atoms with Crippen LogP contribution in [0.3, 0.4) is 0 Å². The Morgan fingerprint density at radius 1 is 1.29 bits per heavy atom. The fourth-order valence-corrected chi connectivity index (χ4v) is 2.58. The van der Waals surface area contributed by atoms with E-state index in [-0.39, 0.29) is 11.9 Å². The lowest BCUT2D eigenvalue weighted by Crippen LogP contribution is -2.41. The second-order valence-corrected chi connectivity index (χ2v) is 5.57. The molecule has 0 amide bonds. The van der Waals surface area contributed by atoms with Crippen LogP contribution in [0.2, 0.25) is 5.28 Å². The van der Waals surface area contributed by atoms with Crippen LogP contribution in [0.5, 0.6) is 0 Å². The van der Waals surface area contributed by atoms with Crippen molar-refractivity contribution in [3.05, 3.63) is 17.0 Å². The zero-order chi connectivity index (χ0) is 15.5. The van der Waals surface area contributed by atoms with Gasteiger partial charge in [0.2, 0.25) is 5.28 Å². The summed E-state index contributed by atoms with van der Waals surface area (Å²) in [6.45, 7) is 4.62. The Kier molecular flexibility index (Phi) is 5.27. The fourth-order valence-electron chi connectivity index (χ4n) is 2.39. The average molecular weight is 323 g/mol. The van der Waals surface area contributed by atoms with Crippen LogP contribution in [0.4, 0.5) is 19.0 Å². The Balaban J connectivity index is 1.97. The molecule has 0 spiro atoms. The molecule has 1 unspecified atom stereocenters. The summed E-state index contributed by atoms with van der Waals surface area (Å²) in [7, 11) is 0. The van der Waals surface area contributed by atoms with Gasteiger partial charge in [0, 0.05) is 18.7 Å². The van der Waals surface area contributed by atoms with Gasteiger partial charge in [-0.25, -0.2) is 9.97 Å². The summed E-state index contributed by atoms with van der Waals surface area (Å²) < 4.78 is 38.0. The van der Waals surface area contributed by atoms with Crippen LogP contribution >= 0.6 is 11.6 Å². The van der Waals surface area contributed by atoms with Gasteiger partial charge in [-0.05, 0) is 44.5 Å². The number of anilines is 1. The van der Waals surface area contributed by atoms with Crippen molar-refractivity contribution in [2.24, 2.45) is 0 Å². The normalized spacial score (nSPS) is 18.5. The maximum Gasteiger partial charge on any atom is 0.433 e. The van der Waals surface area contributed by atoms with E-state index in [1.807, 2.05) is 6.92 Å². The maximum atomic E-state index is 12.7. The summed E-state index contributed by atoms with van der Waals surface area (Å²) in [6, 6.07) is 1.11. The first kappa shape index (κ1) is 16.3. The van der Waals surface area contributed by atoms with E-state index < -0.39 is 17.2 Å². The van der Waals surface area contributed by atoms with Crippen molar-refractivity contribution in [3.63, 3.8) is 0 Å². The van der Waals surface area contributed by atoms with Crippen LogP contribution in [0.25, 0.3) is 0 Å². The minimum absolute atomic E-state index is 0.103. The predicted molar refractivity (Wildman–Crippen MR) is 75.4 cm³/mol. The monoisotopic (exact) mass is 322 g/mol. The van der Waals surface area contributed by atoms with E-state index in [2.05, 4.69) is 20.2 Å². The van der Waals surface area contributed by atoms with Crippen molar-refractivity contribution in [2.45, 2.75) is 38.4 Å². The summed E-state index contributed by atoms with van der Waals surface area (Å²) >= 11 is 5.55. The number of hydrogen-bond donors (Lipinski definition) is 1. The van der Waals surface area contributed by atoms with Crippen LogP contribution in [0.1, 0.15) is 31.9 Å². The van der Waals surface area contributed by atoms with Gasteiger partial charge < -0.3 is 5.32 Å². The van der Waals surface area contributed by atoms with Gasteiger partial charge in [-0.1, -0.05) is 6.42 Å². The number of likely N-dealkylation sites (tertiary alicyclic amines) is 1. The summed E-state index contributed by atoms with van der Waals surface area (Å²) in [4.78, 5) is 9.31. The van der Waals surface area contributed by atoms with Gasteiger partial charge in [0.1, 0.15) is 5.82 Å². The molecule has 1 aliphatic rings. The van der Waals surface area contributed by atoms with E-state index in [4.69, 9.17) is 11.6 Å². The van der Waals surface area contributed by atoms with Crippen LogP contribution in [-0.4, -0.2) is 40.5 Å². The molecular formula is C13H18ClF3N4. The second kappa shape index (κ2) is 6.79. The quantitative estimate of drug-likeness (QED) is 0.862. The lowest BCUT2D eigenvalue weighted by atomic mass is 10.1. The number of rotatable bonds is 4. The molecule has 1 aliphatic heterocycles. The topological polar surface area (TPSA) is 41.1 Å². The first-order chi connectivity index (χ1) is 9.86. The van der Waals surface area contributed by atoms with Crippen molar-refractivity contribution in [1.82, 2.24) is 14.9 Å². The van der Waals surface area contributed by atoms with E-state index in [9.17, 15) is 13.2 Å². The first-order valence-electron chi connectivity index (χ1n) is 6.96. The molecule has 118 valence electrons. The SMILES string of the molecule is CC(CNc1cc(C(F)(F)F)nc(Cl)n1)N1CCCCC1. The van der Waals surface area contributed by atoms with E-state index in [0.717, 1.165) is 19.2 Å². The van der Waals surface area contributed by atoms with Gasteiger partial charge in [0.05, 0.1) is 0 Å². The highest BCUT2D eigenvalue weighted by Crippen LogP contribution is 2.29. The predicted octanol–water partition coefficient (Wildman–Crippen LogP) is 3.44. The highest BCUT2D eigenvalue weighted by molar-refractivity contribution is 6.28. The number of halogens is 4. The summed E-state index contributed by atoms with van der Waals surface area (Å²) in [6.07, 6.45) is -0.946. The van der Waals surface area contributed by atoms with Gasteiger partial charge in [0.25, 0.3) is 0 Å². The molecule has 21 heavy (non-hydrogen) atoms. The number of nitrogens with one attached hydrogen (secondary N) is 1. The molecule has 1 aromatic rings. The Bertz CT molecular complexity index is 475. The molecule has 1 fully saturated rings. The largest absolute Gasteiger partial charge is 0.433 e. The number of piperidine rings is 1. The molecule has 1 N–H and O–H groups in total. The highest BCUT2D eigenvalue weighted by atomic mass is 35.5. The number of hydrogen-bond acceptors (Lipinski definition) is 4. The molecule has 1 saturated heterocycles. The third-order valence-corrected chi connectivity index (χ3v) is 3.75. The van der Waals surface area contributed by atoms with Crippen LogP contribution in [0.15, 0.2) is 6.07 Å². The molecule has 2 rings (SSSR count). The van der Waals surface area contributed by atoms with Crippen molar-refractivity contribution in [2.75, 3.05) is 25.0 Å². The van der Waals surface area contributed by atoms with E-state index >= 15 is 0 Å². The lowest BCUT2D eigenvalue weighted by molar-refractivity contribution is -0.141. The summed E-state index contributed by atoms with van der Waals surface area (Å²) in [5.74, 6) is 0.103. The molecule has 0 aromatic carbocycles. The number of nitrogens with zero attached hydrogens (tertiary/aromatic N) is 3. The average Bonchev–Trinajstić information content (AvgIpc) is 2.44. The molecule has 0 bridgehead atoms. The van der Waals surface area contributed by atoms with Crippen LogP contribution < -0.4 is 5.32 Å². The standard InChI is InChI=1S/C13H18ClF3N4/c1-9(21-5-3-2-4-6-21)8-18-11-7-10(13(15,16)17)19-12(14)20-11/h7,9H,2-6,8H2,1H3,(H,18,19,20). The Morgan fingerprint density at radius 3 is 2.57 bits per heavy atom. The molecule has 2 heterocycles. The maximum absolute atomic E-state index is 12.7. The van der Waals surface area contributed by atoms with Gasteiger partial charge in [-0.2, -0.15) is 13.2 Å². The lowest BCUT2D eigenvalue weighted by Gasteiger charge is -2.32. The summed E-state index contributed by atoms with van der Waals surface area (Å²) in [5, 5.41) is 2.51. The fraction of sp³-hybridized carbons (Fsp3) is 0.692. The van der Waals surface area contributed by atoms with Crippen molar-refractivity contribution >= 4 is 17.4 Å². The third kappa shape index (κ3) is 4.71. The van der Waals surface area contributed by atoms with Crippen molar-refractivity contribution in [1.29, 1.82) is 0 Å². The molecule has 1 aromatic heterocycles. The zero-order valence-corrected chi connectivity index (χ0v) is 12.5. The van der Waals surface area contributed by atoms with Gasteiger partial charge in [0.15, 0.2) is 5.69 Å². The van der Waals surface area contributed by atoms with Gasteiger partial charge >= 0.3 is 6.18 Å². The van der Waals surface area contributed by atoms with Crippen LogP contribution in [0, 0.1) is 0 Å². The minimum Gasteiger partial charge on any atom is -0.368 e. The smallest absolute Gasteiger partial charge is 0.368 e. The summed E-state index contributed by atoms with van der Waals surface area (Å²) in [5.41, 5.74) is -1.03. The van der Waals surface area contributed by atoms with Crippen LogP contribution in [-0.2, 0) is 6.18 Å². The molecule has 4 nitrogen and oxygen atoms in total. The zero-order valence-electron chi connectivity index (χ0n) is 11.8. The number of aromatic nitrogens is 2. The van der Waals surface area contributed by atoms with Crippen molar-refractivity contribution in [3.8, 4) is 0 Å². The Labute approximate surface area is 126 Å². The number of alkyl halides is 3. The Hall–Kier alpha value is -1.08. The van der Waals surface area contributed by atoms with Gasteiger partial charge in [-0.3, -0.25) is 4.90 Å². The molecule has 0 aliphatic carbocycles. The molecule has 0 radical (unpaired) electrons. The minimum atomic E-state index is -4.53. The molecule has 8 heteroatoms. The third-order valence-electron chi connectivity index (χ3n) is 3.58. The highest BCUT2D eigenvalue weighted by Gasteiger charge is 2.33. The van der Waals surface area contributed by atoms with E-state index in [1.165, 1.54) is 19.3 Å². The second-order valence-electron chi connectivity index (χ2n) is 5.23. The van der Waals surface area contributed by atoms with Crippen molar-refractivity contribution < 1.29 is 13.2 Å². The van der Waals surface area contributed by atoms with Gasteiger partial charge in [-0.15, -0.1) is 0 Å².